The van der Waals surface area contributed by atoms with Gasteiger partial charge in [-0.2, -0.15) is 0 Å². The van der Waals surface area contributed by atoms with Gasteiger partial charge in [-0.05, 0) is 49.1 Å². The van der Waals surface area contributed by atoms with E-state index in [1.54, 1.807) is 19.5 Å². The van der Waals surface area contributed by atoms with Crippen LogP contribution in [0.25, 0.3) is 11.3 Å². The van der Waals surface area contributed by atoms with Crippen LogP contribution in [0.2, 0.25) is 0 Å². The Kier molecular flexibility index (Phi) is 4.77. The van der Waals surface area contributed by atoms with Crippen LogP contribution in [0.1, 0.15) is 12.8 Å². The minimum atomic E-state index is 0.512. The van der Waals surface area contributed by atoms with Crippen molar-refractivity contribution in [2.75, 3.05) is 25.1 Å². The van der Waals surface area contributed by atoms with Crippen molar-refractivity contribution >= 4 is 5.95 Å². The molecule has 0 spiro atoms. The fourth-order valence-electron chi connectivity index (χ4n) is 3.40. The predicted molar refractivity (Wildman–Crippen MR) is 99.0 cm³/mol. The molecule has 3 aromatic rings. The average molecular weight is 350 g/mol. The van der Waals surface area contributed by atoms with Crippen LogP contribution in [0, 0.1) is 5.92 Å². The summed E-state index contributed by atoms with van der Waals surface area (Å²) in [5.74, 6) is 2.17. The molecule has 3 heterocycles. The Morgan fingerprint density at radius 3 is 2.73 bits per heavy atom. The lowest BCUT2D eigenvalue weighted by molar-refractivity contribution is 0.346. The summed E-state index contributed by atoms with van der Waals surface area (Å²) < 4.78 is 7.15. The third kappa shape index (κ3) is 3.66. The number of benzene rings is 1. The Hall–Kier alpha value is -2.96. The van der Waals surface area contributed by atoms with Crippen LogP contribution in [-0.2, 0) is 6.54 Å². The van der Waals surface area contributed by atoms with Crippen LogP contribution in [0.3, 0.4) is 0 Å². The van der Waals surface area contributed by atoms with E-state index in [1.807, 2.05) is 41.2 Å². The van der Waals surface area contributed by atoms with E-state index in [9.17, 15) is 0 Å². The lowest BCUT2D eigenvalue weighted by Gasteiger charge is -2.32. The quantitative estimate of drug-likeness (QED) is 0.705. The first-order valence-electron chi connectivity index (χ1n) is 8.88. The minimum absolute atomic E-state index is 0.512. The maximum atomic E-state index is 5.20. The number of aromatic nitrogens is 5. The van der Waals surface area contributed by atoms with Crippen molar-refractivity contribution in [1.82, 2.24) is 25.0 Å². The van der Waals surface area contributed by atoms with Crippen molar-refractivity contribution in [2.24, 2.45) is 5.92 Å². The summed E-state index contributed by atoms with van der Waals surface area (Å²) in [4.78, 5) is 11.0. The van der Waals surface area contributed by atoms with E-state index in [1.165, 1.54) is 6.42 Å². The molecule has 1 saturated heterocycles. The molecule has 1 aromatic carbocycles. The molecule has 134 valence electrons. The fourth-order valence-corrected chi connectivity index (χ4v) is 3.40. The van der Waals surface area contributed by atoms with E-state index < -0.39 is 0 Å². The van der Waals surface area contributed by atoms with Crippen molar-refractivity contribution < 1.29 is 4.74 Å². The molecule has 1 aliphatic heterocycles. The topological polar surface area (TPSA) is 69.0 Å². The highest BCUT2D eigenvalue weighted by molar-refractivity contribution is 5.58. The molecule has 7 nitrogen and oxygen atoms in total. The fraction of sp³-hybridized carbons (Fsp3) is 0.368. The number of hydrogen-bond donors (Lipinski definition) is 0. The van der Waals surface area contributed by atoms with Crippen LogP contribution in [-0.4, -0.2) is 45.2 Å². The van der Waals surface area contributed by atoms with E-state index in [0.717, 1.165) is 49.0 Å². The van der Waals surface area contributed by atoms with Crippen LogP contribution in [0.4, 0.5) is 5.95 Å². The Morgan fingerprint density at radius 2 is 1.96 bits per heavy atom. The van der Waals surface area contributed by atoms with Gasteiger partial charge in [-0.1, -0.05) is 5.21 Å². The third-order valence-corrected chi connectivity index (χ3v) is 4.72. The number of methoxy groups -OCH3 is 1. The van der Waals surface area contributed by atoms with Gasteiger partial charge >= 0.3 is 0 Å². The minimum Gasteiger partial charge on any atom is -0.497 e. The highest BCUT2D eigenvalue weighted by Gasteiger charge is 2.22. The molecule has 0 N–H and O–H groups in total. The predicted octanol–water partition coefficient (Wildman–Crippen LogP) is 2.66. The molecule has 0 amide bonds. The van der Waals surface area contributed by atoms with Crippen LogP contribution in [0.15, 0.2) is 48.9 Å². The number of rotatable bonds is 5. The van der Waals surface area contributed by atoms with Crippen molar-refractivity contribution in [3.8, 4) is 17.0 Å². The second-order valence-electron chi connectivity index (χ2n) is 6.56. The first-order valence-corrected chi connectivity index (χ1v) is 8.88. The summed E-state index contributed by atoms with van der Waals surface area (Å²) in [5.41, 5.74) is 1.92. The van der Waals surface area contributed by atoms with Gasteiger partial charge in [-0.15, -0.1) is 5.10 Å². The third-order valence-electron chi connectivity index (χ3n) is 4.72. The monoisotopic (exact) mass is 350 g/mol. The summed E-state index contributed by atoms with van der Waals surface area (Å²) in [7, 11) is 1.67. The SMILES string of the molecule is COc1ccc(-c2cn(CC3CCCN(c4ncccn4)C3)nn2)cc1. The Morgan fingerprint density at radius 1 is 1.15 bits per heavy atom. The Bertz CT molecular complexity index is 833. The van der Waals surface area contributed by atoms with Crippen molar-refractivity contribution in [1.29, 1.82) is 0 Å². The smallest absolute Gasteiger partial charge is 0.225 e. The summed E-state index contributed by atoms with van der Waals surface area (Å²) in [6, 6.07) is 9.73. The summed E-state index contributed by atoms with van der Waals surface area (Å²) in [6.07, 6.45) is 7.93. The molecule has 0 saturated carbocycles. The largest absolute Gasteiger partial charge is 0.497 e. The molecule has 7 heteroatoms. The molecule has 1 fully saturated rings. The highest BCUT2D eigenvalue weighted by Crippen LogP contribution is 2.23. The van der Waals surface area contributed by atoms with Gasteiger partial charge in [0.05, 0.1) is 13.3 Å². The van der Waals surface area contributed by atoms with Gasteiger partial charge < -0.3 is 9.64 Å². The van der Waals surface area contributed by atoms with Crippen LogP contribution < -0.4 is 9.64 Å². The van der Waals surface area contributed by atoms with Gasteiger partial charge in [0.2, 0.25) is 5.95 Å². The standard InChI is InChI=1S/C19H22N6O/c1-26-17-7-5-16(6-8-17)18-14-25(23-22-18)13-15-4-2-11-24(12-15)19-20-9-3-10-21-19/h3,5-10,14-15H,2,4,11-13H2,1H3. The van der Waals surface area contributed by atoms with E-state index >= 15 is 0 Å². The van der Waals surface area contributed by atoms with E-state index in [-0.39, 0.29) is 0 Å². The summed E-state index contributed by atoms with van der Waals surface area (Å²) in [6.45, 7) is 2.81. The maximum absolute atomic E-state index is 5.20. The maximum Gasteiger partial charge on any atom is 0.225 e. The van der Waals surface area contributed by atoms with Gasteiger partial charge in [-0.25, -0.2) is 9.97 Å². The zero-order valence-electron chi connectivity index (χ0n) is 14.8. The van der Waals surface area contributed by atoms with E-state index in [4.69, 9.17) is 4.74 Å². The molecule has 1 atom stereocenters. The number of hydrogen-bond acceptors (Lipinski definition) is 6. The molecule has 2 aromatic heterocycles. The van der Waals surface area contributed by atoms with Gasteiger partial charge in [0, 0.05) is 37.6 Å². The Balaban J connectivity index is 1.42. The van der Waals surface area contributed by atoms with Crippen LogP contribution >= 0.6 is 0 Å². The normalized spacial score (nSPS) is 17.3. The summed E-state index contributed by atoms with van der Waals surface area (Å²) >= 11 is 0. The van der Waals surface area contributed by atoms with Gasteiger partial charge in [0.15, 0.2) is 0 Å². The molecule has 0 aliphatic carbocycles. The first-order chi connectivity index (χ1) is 12.8. The molecule has 4 rings (SSSR count). The zero-order valence-corrected chi connectivity index (χ0v) is 14.8. The Labute approximate surface area is 152 Å². The number of ether oxygens (including phenoxy) is 1. The van der Waals surface area contributed by atoms with Crippen molar-refractivity contribution in [2.45, 2.75) is 19.4 Å². The molecule has 1 aliphatic rings. The highest BCUT2D eigenvalue weighted by atomic mass is 16.5. The lowest BCUT2D eigenvalue weighted by Crippen LogP contribution is -2.38. The van der Waals surface area contributed by atoms with Crippen LogP contribution in [0.5, 0.6) is 5.75 Å². The second kappa shape index (κ2) is 7.51. The second-order valence-corrected chi connectivity index (χ2v) is 6.56. The molecular weight excluding hydrogens is 328 g/mol. The van der Waals surface area contributed by atoms with Crippen molar-refractivity contribution in [3.63, 3.8) is 0 Å². The lowest BCUT2D eigenvalue weighted by atomic mass is 9.98. The van der Waals surface area contributed by atoms with E-state index in [0.29, 0.717) is 5.92 Å². The number of piperidine rings is 1. The molecular formula is C19H22N6O. The molecule has 26 heavy (non-hydrogen) atoms. The number of nitrogens with zero attached hydrogens (tertiary/aromatic N) is 6. The van der Waals surface area contributed by atoms with Crippen molar-refractivity contribution in [3.05, 3.63) is 48.9 Å². The first kappa shape index (κ1) is 16.5. The van der Waals surface area contributed by atoms with Gasteiger partial charge in [0.1, 0.15) is 11.4 Å². The van der Waals surface area contributed by atoms with Gasteiger partial charge in [0.25, 0.3) is 0 Å². The molecule has 0 bridgehead atoms. The summed E-state index contributed by atoms with van der Waals surface area (Å²) in [5, 5.41) is 8.63. The number of anilines is 1. The average Bonchev–Trinajstić information content (AvgIpc) is 3.17. The van der Waals surface area contributed by atoms with Gasteiger partial charge in [-0.3, -0.25) is 4.68 Å². The molecule has 1 unspecified atom stereocenters. The zero-order chi connectivity index (χ0) is 17.8. The van der Waals surface area contributed by atoms with E-state index in [2.05, 4.69) is 25.2 Å². The molecule has 0 radical (unpaired) electrons.